The monoisotopic (exact) mass is 561 g/mol. The highest BCUT2D eigenvalue weighted by Gasteiger charge is 2.59. The molecule has 1 fully saturated rings. The van der Waals surface area contributed by atoms with Gasteiger partial charge in [-0.15, -0.1) is 5.10 Å². The number of aliphatic hydroxyl groups is 1. The Hall–Kier alpha value is -4.53. The van der Waals surface area contributed by atoms with E-state index in [4.69, 9.17) is 5.11 Å². The van der Waals surface area contributed by atoms with E-state index in [2.05, 4.69) is 25.7 Å². The van der Waals surface area contributed by atoms with E-state index >= 15 is 0 Å². The number of aromatic nitrogens is 6. The Labute approximate surface area is 222 Å². The van der Waals surface area contributed by atoms with Crippen molar-refractivity contribution in [3.05, 3.63) is 88.0 Å². The summed E-state index contributed by atoms with van der Waals surface area (Å²) in [4.78, 5) is 29.5. The Morgan fingerprint density at radius 2 is 1.98 bits per heavy atom. The van der Waals surface area contributed by atoms with Gasteiger partial charge in [-0.05, 0) is 25.1 Å². The van der Waals surface area contributed by atoms with Crippen LogP contribution in [0.3, 0.4) is 0 Å². The Morgan fingerprint density at radius 3 is 2.67 bits per heavy atom. The first-order valence-electron chi connectivity index (χ1n) is 11.9. The minimum Gasteiger partial charge on any atom is -0.390 e. The lowest BCUT2D eigenvalue weighted by atomic mass is 10.0. The molecule has 15 heteroatoms. The molecule has 4 aromatic rings. The molecule has 10 nitrogen and oxygen atoms in total. The molecule has 1 aliphatic rings. The van der Waals surface area contributed by atoms with Crippen molar-refractivity contribution in [2.24, 2.45) is 0 Å². The van der Waals surface area contributed by atoms with Crippen LogP contribution in [0.2, 0.25) is 0 Å². The van der Waals surface area contributed by atoms with Gasteiger partial charge in [0.05, 0.1) is 35.4 Å². The van der Waals surface area contributed by atoms with E-state index in [0.717, 1.165) is 27.6 Å². The summed E-state index contributed by atoms with van der Waals surface area (Å²) in [5, 5.41) is 22.8. The summed E-state index contributed by atoms with van der Waals surface area (Å²) in [6, 6.07) is 4.58. The first-order chi connectivity index (χ1) is 18.9. The quantitative estimate of drug-likeness (QED) is 0.317. The first-order valence-corrected chi connectivity index (χ1v) is 11.9. The summed E-state index contributed by atoms with van der Waals surface area (Å²) in [6.45, 7) is -0.233. The normalized spacial score (nSPS) is 16.9. The van der Waals surface area contributed by atoms with Gasteiger partial charge in [-0.2, -0.15) is 18.6 Å². The van der Waals surface area contributed by atoms with Crippen LogP contribution in [0.15, 0.2) is 59.8 Å². The maximum absolute atomic E-state index is 14.8. The Morgan fingerprint density at radius 1 is 1.23 bits per heavy atom. The lowest BCUT2D eigenvalue weighted by Crippen LogP contribution is -2.31. The molecule has 2 atom stereocenters. The molecule has 1 aliphatic carbocycles. The largest absolute Gasteiger partial charge is 0.390 e. The van der Waals surface area contributed by atoms with Gasteiger partial charge in [-0.1, -0.05) is 17.3 Å². The molecule has 5 rings (SSSR count). The molecule has 0 unspecified atom stereocenters. The molecular formula is C25H20F5N7O3. The molecule has 1 amide bonds. The number of amides is 1. The topological polar surface area (TPSA) is 128 Å². The molecule has 0 radical (unpaired) electrons. The molecule has 1 aromatic carbocycles. The fourth-order valence-corrected chi connectivity index (χ4v) is 4.15. The standard InChI is InChI=1S/C25H20F5N7O3/c1-13(16-3-2-4-17(22(16)26)25(29,30)12-38)33-23(40)18-5-6-21(39)36(34-18)15-7-14(9-31-10-15)19-11-32-35-37(19)20-8-24(20,27)28/h2-7,9-11,13,20,38H,8,12H2,1H3,(H,33,40)/t13-,20+/m1/s1. The van der Waals surface area contributed by atoms with Crippen molar-refractivity contribution in [2.75, 3.05) is 6.61 Å². The van der Waals surface area contributed by atoms with Crippen molar-refractivity contribution >= 4 is 5.91 Å². The Bertz CT molecular complexity index is 1660. The predicted molar refractivity (Wildman–Crippen MR) is 129 cm³/mol. The molecule has 0 bridgehead atoms. The van der Waals surface area contributed by atoms with Crippen molar-refractivity contribution in [1.29, 1.82) is 0 Å². The van der Waals surface area contributed by atoms with Crippen LogP contribution in [0.25, 0.3) is 16.9 Å². The third-order valence-corrected chi connectivity index (χ3v) is 6.40. The van der Waals surface area contributed by atoms with E-state index in [1.165, 1.54) is 43.7 Å². The highest BCUT2D eigenvalue weighted by Crippen LogP contribution is 2.53. The highest BCUT2D eigenvalue weighted by atomic mass is 19.3. The van der Waals surface area contributed by atoms with Crippen LogP contribution in [0.5, 0.6) is 0 Å². The fraction of sp³-hybridized carbons (Fsp3) is 0.280. The number of rotatable bonds is 8. The van der Waals surface area contributed by atoms with Crippen molar-refractivity contribution < 1.29 is 31.9 Å². The van der Waals surface area contributed by atoms with Crippen molar-refractivity contribution in [1.82, 2.24) is 35.1 Å². The van der Waals surface area contributed by atoms with Crippen LogP contribution >= 0.6 is 0 Å². The average Bonchev–Trinajstić information content (AvgIpc) is 3.31. The maximum atomic E-state index is 14.8. The lowest BCUT2D eigenvalue weighted by molar-refractivity contribution is -0.0584. The average molecular weight is 561 g/mol. The summed E-state index contributed by atoms with van der Waals surface area (Å²) in [5.41, 5.74) is -1.52. The minimum absolute atomic E-state index is 0.102. The molecule has 1 saturated carbocycles. The number of halogens is 5. The highest BCUT2D eigenvalue weighted by molar-refractivity contribution is 5.92. The summed E-state index contributed by atoms with van der Waals surface area (Å²) >= 11 is 0. The number of hydrogen-bond donors (Lipinski definition) is 2. The molecule has 40 heavy (non-hydrogen) atoms. The van der Waals surface area contributed by atoms with E-state index in [1.807, 2.05) is 0 Å². The van der Waals surface area contributed by atoms with Crippen LogP contribution in [-0.4, -0.2) is 53.3 Å². The van der Waals surface area contributed by atoms with Gasteiger partial charge in [0.2, 0.25) is 0 Å². The fourth-order valence-electron chi connectivity index (χ4n) is 4.15. The van der Waals surface area contributed by atoms with Crippen LogP contribution in [0.1, 0.15) is 47.0 Å². The number of alkyl halides is 4. The van der Waals surface area contributed by atoms with E-state index in [-0.39, 0.29) is 29.1 Å². The molecule has 2 N–H and O–H groups in total. The lowest BCUT2D eigenvalue weighted by Gasteiger charge is -2.20. The number of nitrogens with zero attached hydrogens (tertiary/aromatic N) is 6. The number of carbonyl (C=O) groups excluding carboxylic acids is 1. The third-order valence-electron chi connectivity index (χ3n) is 6.40. The predicted octanol–water partition coefficient (Wildman–Crippen LogP) is 3.18. The molecule has 0 spiro atoms. The number of aliphatic hydroxyl groups excluding tert-OH is 1. The molecule has 0 saturated heterocycles. The van der Waals surface area contributed by atoms with Crippen molar-refractivity contribution in [2.45, 2.75) is 37.3 Å². The van der Waals surface area contributed by atoms with Gasteiger partial charge in [-0.3, -0.25) is 14.6 Å². The van der Waals surface area contributed by atoms with Gasteiger partial charge in [0.15, 0.2) is 0 Å². The second-order valence-corrected chi connectivity index (χ2v) is 9.21. The number of benzene rings is 1. The molecular weight excluding hydrogens is 541 g/mol. The molecule has 0 aliphatic heterocycles. The summed E-state index contributed by atoms with van der Waals surface area (Å²) in [7, 11) is 0. The van der Waals surface area contributed by atoms with E-state index in [1.54, 1.807) is 0 Å². The molecule has 3 aromatic heterocycles. The van der Waals surface area contributed by atoms with Gasteiger partial charge in [0, 0.05) is 29.8 Å². The molecule has 208 valence electrons. The van der Waals surface area contributed by atoms with Gasteiger partial charge < -0.3 is 10.4 Å². The van der Waals surface area contributed by atoms with Crippen molar-refractivity contribution in [3.8, 4) is 16.9 Å². The zero-order valence-corrected chi connectivity index (χ0v) is 20.6. The number of hydrogen-bond acceptors (Lipinski definition) is 7. The van der Waals surface area contributed by atoms with Gasteiger partial charge >= 0.3 is 0 Å². The van der Waals surface area contributed by atoms with Crippen LogP contribution < -0.4 is 10.9 Å². The van der Waals surface area contributed by atoms with Crippen LogP contribution in [0, 0.1) is 5.82 Å². The van der Waals surface area contributed by atoms with Crippen LogP contribution in [0.4, 0.5) is 22.0 Å². The van der Waals surface area contributed by atoms with Crippen molar-refractivity contribution in [3.63, 3.8) is 0 Å². The first kappa shape index (κ1) is 27.1. The second-order valence-electron chi connectivity index (χ2n) is 9.21. The number of pyridine rings is 1. The Kier molecular flexibility index (Phi) is 6.69. The van der Waals surface area contributed by atoms with Crippen LogP contribution in [-0.2, 0) is 5.92 Å². The molecule has 3 heterocycles. The summed E-state index contributed by atoms with van der Waals surface area (Å²) in [6.07, 6.45) is 3.53. The maximum Gasteiger partial charge on any atom is 0.298 e. The van der Waals surface area contributed by atoms with E-state index in [0.29, 0.717) is 5.56 Å². The number of nitrogens with one attached hydrogen (secondary N) is 1. The smallest absolute Gasteiger partial charge is 0.298 e. The third kappa shape index (κ3) is 4.95. The second kappa shape index (κ2) is 9.89. The summed E-state index contributed by atoms with van der Waals surface area (Å²) in [5.74, 6) is -8.86. The van der Waals surface area contributed by atoms with E-state index < -0.39 is 53.4 Å². The van der Waals surface area contributed by atoms with Gasteiger partial charge in [0.1, 0.15) is 24.2 Å². The SMILES string of the molecule is C[C@@H](NC(=O)c1ccc(=O)n(-c2cncc(-c3cnnn3[C@H]3CC3(F)F)c2)n1)c1cccc(C(F)(F)CO)c1F. The Balaban J connectivity index is 1.41. The zero-order chi connectivity index (χ0) is 28.8. The van der Waals surface area contributed by atoms with Gasteiger partial charge in [-0.25, -0.2) is 17.9 Å². The summed E-state index contributed by atoms with van der Waals surface area (Å²) < 4.78 is 71.8. The minimum atomic E-state index is -3.82. The van der Waals surface area contributed by atoms with E-state index in [9.17, 15) is 31.5 Å². The van der Waals surface area contributed by atoms with Gasteiger partial charge in [0.25, 0.3) is 23.3 Å². The number of carbonyl (C=O) groups is 1. The zero-order valence-electron chi connectivity index (χ0n) is 20.6.